The zero-order valence-electron chi connectivity index (χ0n) is 36.3. The molecule has 5 aromatic carbocycles. The van der Waals surface area contributed by atoms with Crippen molar-refractivity contribution >= 4 is 29.6 Å². The number of carbonyl (C=O) groups excluding carboxylic acids is 4. The number of hydrogen-bond donors (Lipinski definition) is 5. The van der Waals surface area contributed by atoms with E-state index in [2.05, 4.69) is 16.0 Å². The molecule has 0 aromatic heterocycles. The predicted molar refractivity (Wildman–Crippen MR) is 239 cm³/mol. The van der Waals surface area contributed by atoms with Crippen molar-refractivity contribution in [2.24, 2.45) is 0 Å². The molecule has 0 heterocycles. The summed E-state index contributed by atoms with van der Waals surface area (Å²) in [6.07, 6.45) is 1.40. The van der Waals surface area contributed by atoms with Gasteiger partial charge in [0, 0.05) is 48.1 Å². The number of esters is 1. The van der Waals surface area contributed by atoms with E-state index in [1.165, 1.54) is 14.0 Å². The molecule has 8 bridgehead atoms. The first-order valence-electron chi connectivity index (χ1n) is 21.2. The van der Waals surface area contributed by atoms with Gasteiger partial charge in [0.05, 0.1) is 20.3 Å². The fourth-order valence-corrected chi connectivity index (χ4v) is 7.47. The maximum Gasteiger partial charge on any atom is 0.408 e. The molecule has 1 aliphatic carbocycles. The third kappa shape index (κ3) is 11.5. The van der Waals surface area contributed by atoms with Gasteiger partial charge in [0.25, 0.3) is 5.91 Å². The largest absolute Gasteiger partial charge is 0.507 e. The highest BCUT2D eigenvalue weighted by Crippen LogP contribution is 2.39. The first kappa shape index (κ1) is 45.5. The summed E-state index contributed by atoms with van der Waals surface area (Å²) in [5.74, 6) is -0.436. The minimum atomic E-state index is -0.965. The highest BCUT2D eigenvalue weighted by atomic mass is 16.5. The van der Waals surface area contributed by atoms with E-state index >= 15 is 0 Å². The lowest BCUT2D eigenvalue weighted by atomic mass is 9.90. The lowest BCUT2D eigenvalue weighted by Gasteiger charge is -2.22. The molecule has 0 spiro atoms. The van der Waals surface area contributed by atoms with E-state index in [-0.39, 0.29) is 49.4 Å². The number of hydrogen-bond acceptors (Lipinski definition) is 10. The van der Waals surface area contributed by atoms with Gasteiger partial charge in [-0.15, -0.1) is 0 Å². The van der Waals surface area contributed by atoms with Crippen molar-refractivity contribution in [1.29, 1.82) is 0 Å². The van der Waals surface area contributed by atoms with Gasteiger partial charge in [-0.2, -0.15) is 0 Å². The Labute approximate surface area is 367 Å². The summed E-state index contributed by atoms with van der Waals surface area (Å²) in [4.78, 5) is 52.2. The third-order valence-electron chi connectivity index (χ3n) is 10.7. The smallest absolute Gasteiger partial charge is 0.408 e. The summed E-state index contributed by atoms with van der Waals surface area (Å²) in [5.41, 5.74) is 6.33. The number of phenols is 2. The summed E-state index contributed by atoms with van der Waals surface area (Å²) in [6.45, 7) is 7.90. The summed E-state index contributed by atoms with van der Waals surface area (Å²) in [5, 5.41) is 32.3. The molecule has 0 unspecified atom stereocenters. The van der Waals surface area contributed by atoms with E-state index in [1.807, 2.05) is 80.6 Å². The maximum absolute atomic E-state index is 13.7. The molecule has 0 radical (unpaired) electrons. The van der Waals surface area contributed by atoms with Crippen LogP contribution in [0.2, 0.25) is 0 Å². The molecular weight excluding hydrogens is 803 g/mol. The monoisotopic (exact) mass is 857 g/mol. The fourth-order valence-electron chi connectivity index (χ4n) is 7.47. The van der Waals surface area contributed by atoms with Crippen LogP contribution < -0.4 is 25.4 Å². The van der Waals surface area contributed by atoms with E-state index in [1.54, 1.807) is 31.2 Å². The molecule has 0 aliphatic heterocycles. The molecular formula is C50H55N3O10. The van der Waals surface area contributed by atoms with Crippen molar-refractivity contribution in [3.63, 3.8) is 0 Å². The van der Waals surface area contributed by atoms with E-state index in [0.29, 0.717) is 65.5 Å². The Morgan fingerprint density at radius 2 is 1.10 bits per heavy atom. The number of amides is 3. The van der Waals surface area contributed by atoms with E-state index in [0.717, 1.165) is 27.8 Å². The van der Waals surface area contributed by atoms with Gasteiger partial charge in [-0.25, -0.2) is 9.59 Å². The zero-order chi connectivity index (χ0) is 45.0. The summed E-state index contributed by atoms with van der Waals surface area (Å²) in [7, 11) is 1.25. The van der Waals surface area contributed by atoms with Crippen LogP contribution in [0.4, 0.5) is 10.5 Å². The van der Waals surface area contributed by atoms with Crippen LogP contribution >= 0.6 is 0 Å². The predicted octanol–water partition coefficient (Wildman–Crippen LogP) is 7.90. The lowest BCUT2D eigenvalue weighted by Crippen LogP contribution is -2.41. The first-order chi connectivity index (χ1) is 30.4. The number of aromatic hydroxyl groups is 2. The minimum absolute atomic E-state index is 0.00905. The number of para-hydroxylation sites is 2. The molecule has 13 heteroatoms. The second-order valence-corrected chi connectivity index (χ2v) is 15.6. The molecule has 2 atom stereocenters. The molecule has 5 N–H and O–H groups in total. The van der Waals surface area contributed by atoms with Crippen molar-refractivity contribution in [3.8, 4) is 23.0 Å². The number of anilines is 1. The van der Waals surface area contributed by atoms with Crippen molar-refractivity contribution < 1.29 is 48.3 Å². The Balaban J connectivity index is 1.43. The van der Waals surface area contributed by atoms with E-state index in [4.69, 9.17) is 18.9 Å². The Bertz CT molecular complexity index is 2350. The number of alkyl carbamates (subject to hydrolysis) is 1. The molecule has 6 rings (SSSR count). The molecule has 330 valence electrons. The number of nitrogens with one attached hydrogen (secondary N) is 3. The van der Waals surface area contributed by atoms with Gasteiger partial charge in [0.15, 0.2) is 0 Å². The van der Waals surface area contributed by atoms with Crippen LogP contribution in [0.1, 0.15) is 101 Å². The van der Waals surface area contributed by atoms with Crippen LogP contribution in [0.5, 0.6) is 23.0 Å². The number of fused-ring (bicyclic) bond motifs is 8. The Kier molecular flexibility index (Phi) is 15.3. The zero-order valence-corrected chi connectivity index (χ0v) is 36.3. The van der Waals surface area contributed by atoms with Crippen LogP contribution in [-0.4, -0.2) is 66.5 Å². The van der Waals surface area contributed by atoms with Gasteiger partial charge in [-0.3, -0.25) is 9.59 Å². The molecule has 13 nitrogen and oxygen atoms in total. The Morgan fingerprint density at radius 1 is 0.619 bits per heavy atom. The van der Waals surface area contributed by atoms with Gasteiger partial charge in [-0.1, -0.05) is 80.6 Å². The third-order valence-corrected chi connectivity index (χ3v) is 10.7. The number of benzene rings is 5. The van der Waals surface area contributed by atoms with Gasteiger partial charge in [-0.05, 0) is 89.9 Å². The lowest BCUT2D eigenvalue weighted by molar-refractivity contribution is -0.142. The van der Waals surface area contributed by atoms with Gasteiger partial charge >= 0.3 is 12.1 Å². The molecule has 0 fully saturated rings. The number of phenolic OH excluding ortho intramolecular Hbond substituents is 2. The fraction of sp³-hybridized carbons (Fsp3) is 0.320. The average Bonchev–Trinajstić information content (AvgIpc) is 3.27. The molecule has 3 amide bonds. The molecule has 0 saturated heterocycles. The highest BCUT2D eigenvalue weighted by Gasteiger charge is 2.25. The number of rotatable bonds is 14. The normalized spacial score (nSPS) is 12.8. The Hall–Kier alpha value is -7.02. The number of carbonyl (C=O) groups is 4. The van der Waals surface area contributed by atoms with E-state index < -0.39 is 36.0 Å². The second-order valence-electron chi connectivity index (χ2n) is 15.6. The van der Waals surface area contributed by atoms with Crippen molar-refractivity contribution in [3.05, 3.63) is 147 Å². The number of methoxy groups -OCH3 is 1. The second kappa shape index (κ2) is 21.2. The van der Waals surface area contributed by atoms with Crippen LogP contribution in [0, 0.1) is 0 Å². The average molecular weight is 858 g/mol. The molecule has 63 heavy (non-hydrogen) atoms. The van der Waals surface area contributed by atoms with Crippen molar-refractivity contribution in [2.75, 3.05) is 25.6 Å². The van der Waals surface area contributed by atoms with Crippen LogP contribution in [0.3, 0.4) is 0 Å². The summed E-state index contributed by atoms with van der Waals surface area (Å²) in [6, 6.07) is 25.3. The van der Waals surface area contributed by atoms with Gasteiger partial charge in [0.2, 0.25) is 5.91 Å². The van der Waals surface area contributed by atoms with Crippen LogP contribution in [0.15, 0.2) is 91.0 Å². The van der Waals surface area contributed by atoms with Gasteiger partial charge in [0.1, 0.15) is 41.7 Å². The summed E-state index contributed by atoms with van der Waals surface area (Å²) >= 11 is 0. The quantitative estimate of drug-likeness (QED) is 0.0534. The van der Waals surface area contributed by atoms with Crippen LogP contribution in [0.25, 0.3) is 0 Å². The van der Waals surface area contributed by atoms with Crippen molar-refractivity contribution in [1.82, 2.24) is 10.6 Å². The topological polar surface area (TPSA) is 182 Å². The van der Waals surface area contributed by atoms with E-state index in [9.17, 15) is 29.4 Å². The number of ether oxygens (including phenoxy) is 4. The van der Waals surface area contributed by atoms with Gasteiger partial charge < -0.3 is 45.1 Å². The molecule has 1 aliphatic rings. The highest BCUT2D eigenvalue weighted by molar-refractivity contribution is 5.98. The molecule has 0 saturated carbocycles. The first-order valence-corrected chi connectivity index (χ1v) is 21.2. The summed E-state index contributed by atoms with van der Waals surface area (Å²) < 4.78 is 23.0. The maximum atomic E-state index is 13.7. The minimum Gasteiger partial charge on any atom is -0.507 e. The van der Waals surface area contributed by atoms with Crippen molar-refractivity contribution in [2.45, 2.75) is 84.9 Å². The Morgan fingerprint density at radius 3 is 1.56 bits per heavy atom. The van der Waals surface area contributed by atoms with Crippen LogP contribution in [-0.2, 0) is 51.4 Å². The standard InChI is InChI=1S/C50H55N3O10/c1-6-19-61-45-33-15-11-17-35(45)23-39-27-42(53-47(56)30(3)52-50(59)63-29-32-13-9-8-10-14-32)28-40(44(39)55)24-36-18-12-16-34(46(36)62-20-7-2)22-38-26-41(25-37(21-33)43(38)54)48(57)51-31(4)49(58)60-5/h8-18,25-28,30-31,54-55H,6-7,19-24,29H2,1-5H3,(H,51,57)(H,52,59)(H,53,56)/t30-,31-/m0/s1. The SMILES string of the molecule is CCCOc1c2cccc1Cc1cc(C(=O)N[C@@H](C)C(=O)OC)cc(c1O)Cc1cccc(c1OCCC)Cc1cc(NC(=O)[C@H](C)NC(=O)OCc3ccccc3)cc(c1O)C2. The molecule has 5 aromatic rings.